The largest absolute Gasteiger partial charge is 0.417 e. The lowest BCUT2D eigenvalue weighted by Crippen LogP contribution is -2.47. The normalized spacial score (nSPS) is 23.7. The van der Waals surface area contributed by atoms with Crippen LogP contribution in [0, 0.1) is 11.3 Å². The molecule has 2 fully saturated rings. The van der Waals surface area contributed by atoms with Gasteiger partial charge in [0.2, 0.25) is 12.3 Å². The van der Waals surface area contributed by atoms with E-state index in [-0.39, 0.29) is 6.42 Å². The standard InChI is InChI=1S/C17H16F3N3O4S/c18-17(19,20)12-3-1-2-4-14(12)28(26,27)11-7-13(23(8-11)10-24)15(25)22-16(9-21)5-6-16/h1-4,10-11,13H,5-8H2,(H,22,25)/t11-,13+/m1/s1. The topological polar surface area (TPSA) is 107 Å². The number of halogens is 3. The predicted octanol–water partition coefficient (Wildman–Crippen LogP) is 1.25. The molecule has 3 rings (SSSR count). The number of sulfone groups is 1. The van der Waals surface area contributed by atoms with Crippen molar-refractivity contribution in [3.8, 4) is 6.07 Å². The van der Waals surface area contributed by atoms with Crippen molar-refractivity contribution in [1.29, 1.82) is 5.26 Å². The van der Waals surface area contributed by atoms with Gasteiger partial charge in [-0.25, -0.2) is 8.42 Å². The van der Waals surface area contributed by atoms with Gasteiger partial charge in [0.25, 0.3) is 0 Å². The molecule has 2 amide bonds. The first-order chi connectivity index (χ1) is 13.0. The number of likely N-dealkylation sites (tertiary alicyclic amines) is 1. The average Bonchev–Trinajstić information content (AvgIpc) is 3.27. The molecule has 1 heterocycles. The Labute approximate surface area is 159 Å². The number of hydrogen-bond donors (Lipinski definition) is 1. The molecule has 0 unspecified atom stereocenters. The molecule has 2 aliphatic rings. The van der Waals surface area contributed by atoms with E-state index in [1.54, 1.807) is 0 Å². The van der Waals surface area contributed by atoms with Gasteiger partial charge in [-0.2, -0.15) is 18.4 Å². The van der Waals surface area contributed by atoms with Crippen molar-refractivity contribution >= 4 is 22.2 Å². The second kappa shape index (κ2) is 6.77. The maximum Gasteiger partial charge on any atom is 0.417 e. The van der Waals surface area contributed by atoms with E-state index in [0.29, 0.717) is 25.3 Å². The van der Waals surface area contributed by atoms with Crippen LogP contribution in [0.5, 0.6) is 0 Å². The maximum absolute atomic E-state index is 13.2. The SMILES string of the molecule is N#CC1(NC(=O)[C@@H]2C[C@@H](S(=O)(=O)c3ccccc3C(F)(F)F)CN2C=O)CC1. The van der Waals surface area contributed by atoms with Crippen LogP contribution in [0.2, 0.25) is 0 Å². The molecule has 0 bridgehead atoms. The number of nitrogens with zero attached hydrogens (tertiary/aromatic N) is 2. The molecule has 1 aliphatic heterocycles. The second-order valence-electron chi connectivity index (χ2n) is 6.90. The third-order valence-electron chi connectivity index (χ3n) is 5.00. The lowest BCUT2D eigenvalue weighted by molar-refractivity contribution is -0.139. The molecule has 0 aromatic heterocycles. The Morgan fingerprint density at radius 1 is 1.32 bits per heavy atom. The highest BCUT2D eigenvalue weighted by Crippen LogP contribution is 2.38. The first-order valence-electron chi connectivity index (χ1n) is 8.38. The minimum absolute atomic E-state index is 0.293. The second-order valence-corrected chi connectivity index (χ2v) is 9.09. The lowest BCUT2D eigenvalue weighted by atomic mass is 10.2. The first kappa shape index (κ1) is 20.1. The first-order valence-corrected chi connectivity index (χ1v) is 9.93. The summed E-state index contributed by atoms with van der Waals surface area (Å²) in [5.74, 6) is -0.687. The molecule has 1 N–H and O–H groups in total. The smallest absolute Gasteiger partial charge is 0.336 e. The van der Waals surface area contributed by atoms with Crippen molar-refractivity contribution < 1.29 is 31.2 Å². The van der Waals surface area contributed by atoms with Gasteiger partial charge in [-0.1, -0.05) is 12.1 Å². The van der Waals surface area contributed by atoms with Crippen LogP contribution in [-0.4, -0.2) is 49.0 Å². The van der Waals surface area contributed by atoms with E-state index >= 15 is 0 Å². The van der Waals surface area contributed by atoms with E-state index in [2.05, 4.69) is 5.32 Å². The maximum atomic E-state index is 13.2. The number of benzene rings is 1. The van der Waals surface area contributed by atoms with E-state index in [1.807, 2.05) is 6.07 Å². The zero-order valence-corrected chi connectivity index (χ0v) is 15.3. The minimum Gasteiger partial charge on any atom is -0.336 e. The summed E-state index contributed by atoms with van der Waals surface area (Å²) in [6, 6.07) is 4.59. The van der Waals surface area contributed by atoms with Gasteiger partial charge in [-0.05, 0) is 31.4 Å². The molecule has 28 heavy (non-hydrogen) atoms. The van der Waals surface area contributed by atoms with Gasteiger partial charge in [0.1, 0.15) is 11.6 Å². The molecule has 7 nitrogen and oxygen atoms in total. The predicted molar refractivity (Wildman–Crippen MR) is 89.3 cm³/mol. The van der Waals surface area contributed by atoms with Gasteiger partial charge in [-0.15, -0.1) is 0 Å². The van der Waals surface area contributed by atoms with Crippen molar-refractivity contribution in [1.82, 2.24) is 10.2 Å². The highest BCUT2D eigenvalue weighted by Gasteiger charge is 2.50. The third-order valence-corrected chi connectivity index (χ3v) is 7.19. The van der Waals surface area contributed by atoms with Gasteiger partial charge in [-0.3, -0.25) is 9.59 Å². The molecular formula is C17H16F3N3O4S. The molecule has 11 heteroatoms. The van der Waals surface area contributed by atoms with Crippen LogP contribution in [0.15, 0.2) is 29.2 Å². The van der Waals surface area contributed by atoms with E-state index in [9.17, 15) is 31.2 Å². The van der Waals surface area contributed by atoms with Crippen molar-refractivity contribution in [2.75, 3.05) is 6.54 Å². The lowest BCUT2D eigenvalue weighted by Gasteiger charge is -2.20. The Morgan fingerprint density at radius 2 is 1.96 bits per heavy atom. The zero-order chi connectivity index (χ0) is 20.7. The minimum atomic E-state index is -4.87. The molecule has 1 aromatic rings. The van der Waals surface area contributed by atoms with Gasteiger partial charge in [0.15, 0.2) is 9.84 Å². The molecular weight excluding hydrogens is 399 g/mol. The van der Waals surface area contributed by atoms with E-state index in [0.717, 1.165) is 17.0 Å². The Morgan fingerprint density at radius 3 is 2.50 bits per heavy atom. The van der Waals surface area contributed by atoms with Crippen molar-refractivity contribution in [2.24, 2.45) is 0 Å². The van der Waals surface area contributed by atoms with E-state index in [4.69, 9.17) is 5.26 Å². The van der Waals surface area contributed by atoms with Crippen LogP contribution < -0.4 is 5.32 Å². The van der Waals surface area contributed by atoms with Crippen LogP contribution in [0.1, 0.15) is 24.8 Å². The Bertz CT molecular complexity index is 951. The Balaban J connectivity index is 1.88. The summed E-state index contributed by atoms with van der Waals surface area (Å²) in [5, 5.41) is 10.2. The van der Waals surface area contributed by atoms with Gasteiger partial charge < -0.3 is 10.2 Å². The fraction of sp³-hybridized carbons (Fsp3) is 0.471. The molecule has 0 radical (unpaired) electrons. The fourth-order valence-electron chi connectivity index (χ4n) is 3.26. The molecule has 1 aromatic carbocycles. The van der Waals surface area contributed by atoms with Crippen LogP contribution in [0.4, 0.5) is 13.2 Å². The summed E-state index contributed by atoms with van der Waals surface area (Å²) in [6.45, 7) is -0.407. The van der Waals surface area contributed by atoms with Gasteiger partial charge in [0, 0.05) is 6.54 Å². The van der Waals surface area contributed by atoms with Crippen molar-refractivity contribution in [2.45, 2.75) is 47.2 Å². The summed E-state index contributed by atoms with van der Waals surface area (Å²) < 4.78 is 65.4. The highest BCUT2D eigenvalue weighted by atomic mass is 32.2. The molecule has 1 saturated heterocycles. The van der Waals surface area contributed by atoms with Gasteiger partial charge in [0.05, 0.1) is 21.8 Å². The summed E-state index contributed by atoms with van der Waals surface area (Å²) in [6.07, 6.45) is -4.02. The third kappa shape index (κ3) is 3.56. The van der Waals surface area contributed by atoms with Crippen molar-refractivity contribution in [3.63, 3.8) is 0 Å². The summed E-state index contributed by atoms with van der Waals surface area (Å²) in [4.78, 5) is 23.8. The molecule has 1 saturated carbocycles. The summed E-state index contributed by atoms with van der Waals surface area (Å²) >= 11 is 0. The average molecular weight is 415 g/mol. The number of nitriles is 1. The van der Waals surface area contributed by atoms with Crippen LogP contribution >= 0.6 is 0 Å². The van der Waals surface area contributed by atoms with Gasteiger partial charge >= 0.3 is 6.18 Å². The summed E-state index contributed by atoms with van der Waals surface area (Å²) in [7, 11) is -4.46. The van der Waals surface area contributed by atoms with Crippen LogP contribution in [-0.2, 0) is 25.6 Å². The van der Waals surface area contributed by atoms with Crippen LogP contribution in [0.3, 0.4) is 0 Å². The number of rotatable bonds is 5. The Hall–Kier alpha value is -2.61. The number of amides is 2. The number of nitrogens with one attached hydrogen (secondary N) is 1. The zero-order valence-electron chi connectivity index (χ0n) is 14.4. The van der Waals surface area contributed by atoms with E-state index in [1.165, 1.54) is 6.07 Å². The van der Waals surface area contributed by atoms with Crippen LogP contribution in [0.25, 0.3) is 0 Å². The number of hydrogen-bond acceptors (Lipinski definition) is 5. The number of alkyl halides is 3. The molecule has 1 aliphatic carbocycles. The Kier molecular flexibility index (Phi) is 4.87. The van der Waals surface area contributed by atoms with Crippen molar-refractivity contribution in [3.05, 3.63) is 29.8 Å². The fourth-order valence-corrected chi connectivity index (χ4v) is 5.18. The number of carbonyl (C=O) groups is 2. The quantitative estimate of drug-likeness (QED) is 0.729. The monoisotopic (exact) mass is 415 g/mol. The molecule has 150 valence electrons. The summed E-state index contributed by atoms with van der Waals surface area (Å²) in [5.41, 5.74) is -2.30. The number of carbonyl (C=O) groups excluding carboxylic acids is 2. The molecule has 0 spiro atoms. The highest BCUT2D eigenvalue weighted by molar-refractivity contribution is 7.92. The molecule has 2 atom stereocenters. The van der Waals surface area contributed by atoms with E-state index < -0.39 is 55.8 Å².